The number of carboxylic acid groups (broad SMARTS) is 1. The van der Waals surface area contributed by atoms with Crippen molar-refractivity contribution in [3.63, 3.8) is 0 Å². The molecule has 1 aromatic heterocycles. The number of ether oxygens (including phenoxy) is 1. The van der Waals surface area contributed by atoms with Crippen molar-refractivity contribution in [2.24, 2.45) is 5.92 Å². The van der Waals surface area contributed by atoms with Crippen molar-refractivity contribution in [1.82, 2.24) is 4.98 Å². The van der Waals surface area contributed by atoms with Crippen molar-refractivity contribution in [3.05, 3.63) is 35.0 Å². The molecule has 2 atom stereocenters. The topological polar surface area (TPSA) is 59.4 Å². The standard InChI is InChI=1S/C17H19NO3/c1-9-6-10(2)16-13(7-9)15(17(19)20)12-5-4-11(21-3)8-14(12)18-16/h4-5,8-10H,6-7H2,1-3H3,(H,19,20). The highest BCUT2D eigenvalue weighted by Crippen LogP contribution is 2.38. The minimum Gasteiger partial charge on any atom is -0.497 e. The number of nitrogens with zero attached hydrogens (tertiary/aromatic N) is 1. The first kappa shape index (κ1) is 13.9. The molecule has 110 valence electrons. The van der Waals surface area contributed by atoms with Gasteiger partial charge in [0.25, 0.3) is 0 Å². The molecule has 21 heavy (non-hydrogen) atoms. The molecule has 3 rings (SSSR count). The van der Waals surface area contributed by atoms with E-state index < -0.39 is 5.97 Å². The first-order valence-corrected chi connectivity index (χ1v) is 7.25. The minimum absolute atomic E-state index is 0.289. The van der Waals surface area contributed by atoms with Gasteiger partial charge in [-0.1, -0.05) is 13.8 Å². The Labute approximate surface area is 123 Å². The molecule has 1 heterocycles. The van der Waals surface area contributed by atoms with E-state index >= 15 is 0 Å². The molecule has 1 aromatic carbocycles. The second-order valence-corrected chi connectivity index (χ2v) is 5.98. The summed E-state index contributed by atoms with van der Waals surface area (Å²) in [7, 11) is 1.60. The van der Waals surface area contributed by atoms with E-state index in [2.05, 4.69) is 13.8 Å². The zero-order valence-electron chi connectivity index (χ0n) is 12.5. The number of hydrogen-bond acceptors (Lipinski definition) is 3. The van der Waals surface area contributed by atoms with Crippen LogP contribution >= 0.6 is 0 Å². The van der Waals surface area contributed by atoms with Crippen molar-refractivity contribution in [2.45, 2.75) is 32.6 Å². The lowest BCUT2D eigenvalue weighted by atomic mass is 9.79. The fraction of sp³-hybridized carbons (Fsp3) is 0.412. The Kier molecular flexibility index (Phi) is 3.32. The average Bonchev–Trinajstić information content (AvgIpc) is 2.44. The first-order chi connectivity index (χ1) is 10.0. The van der Waals surface area contributed by atoms with Gasteiger partial charge in [-0.25, -0.2) is 4.79 Å². The van der Waals surface area contributed by atoms with Crippen molar-refractivity contribution in [2.75, 3.05) is 7.11 Å². The van der Waals surface area contributed by atoms with E-state index in [1.165, 1.54) is 0 Å². The fourth-order valence-electron chi connectivity index (χ4n) is 3.44. The molecule has 2 unspecified atom stereocenters. The molecule has 0 amide bonds. The van der Waals surface area contributed by atoms with Gasteiger partial charge < -0.3 is 9.84 Å². The van der Waals surface area contributed by atoms with Crippen LogP contribution in [0, 0.1) is 5.92 Å². The van der Waals surface area contributed by atoms with Gasteiger partial charge in [0.05, 0.1) is 18.2 Å². The highest BCUT2D eigenvalue weighted by molar-refractivity contribution is 6.04. The molecular weight excluding hydrogens is 266 g/mol. The molecule has 0 saturated heterocycles. The molecule has 4 heteroatoms. The molecular formula is C17H19NO3. The van der Waals surface area contributed by atoms with E-state index in [4.69, 9.17) is 9.72 Å². The minimum atomic E-state index is -0.870. The number of hydrogen-bond donors (Lipinski definition) is 1. The fourth-order valence-corrected chi connectivity index (χ4v) is 3.44. The molecule has 2 aromatic rings. The van der Waals surface area contributed by atoms with E-state index in [-0.39, 0.29) is 5.92 Å². The second-order valence-electron chi connectivity index (χ2n) is 5.98. The van der Waals surface area contributed by atoms with Gasteiger partial charge in [0.15, 0.2) is 0 Å². The summed E-state index contributed by atoms with van der Waals surface area (Å²) in [5.74, 6) is 0.605. The normalized spacial score (nSPS) is 21.1. The molecule has 1 aliphatic carbocycles. The van der Waals surface area contributed by atoms with Gasteiger partial charge in [-0.15, -0.1) is 0 Å². The third-order valence-electron chi connectivity index (χ3n) is 4.32. The lowest BCUT2D eigenvalue weighted by Crippen LogP contribution is -2.20. The number of pyridine rings is 1. The van der Waals surface area contributed by atoms with Crippen molar-refractivity contribution in [1.29, 1.82) is 0 Å². The number of fused-ring (bicyclic) bond motifs is 2. The number of aromatic carboxylic acids is 1. The van der Waals surface area contributed by atoms with Crippen molar-refractivity contribution < 1.29 is 14.6 Å². The molecule has 1 aliphatic rings. The van der Waals surface area contributed by atoms with Gasteiger partial charge in [-0.05, 0) is 42.4 Å². The summed E-state index contributed by atoms with van der Waals surface area (Å²) in [5, 5.41) is 10.4. The van der Waals surface area contributed by atoms with Gasteiger partial charge in [0, 0.05) is 17.1 Å². The summed E-state index contributed by atoms with van der Waals surface area (Å²) in [6.45, 7) is 4.29. The van der Waals surface area contributed by atoms with Crippen molar-refractivity contribution >= 4 is 16.9 Å². The molecule has 0 bridgehead atoms. The van der Waals surface area contributed by atoms with Crippen LogP contribution in [0.25, 0.3) is 10.9 Å². The molecule has 0 saturated carbocycles. The Morgan fingerprint density at radius 1 is 1.38 bits per heavy atom. The molecule has 0 aliphatic heterocycles. The quantitative estimate of drug-likeness (QED) is 0.915. The molecule has 0 radical (unpaired) electrons. The Bertz CT molecular complexity index is 724. The van der Waals surface area contributed by atoms with E-state index in [9.17, 15) is 9.90 Å². The summed E-state index contributed by atoms with van der Waals surface area (Å²) in [4.78, 5) is 16.5. The Hall–Kier alpha value is -2.10. The number of rotatable bonds is 2. The predicted octanol–water partition coefficient (Wildman–Crippen LogP) is 3.63. The Balaban J connectivity index is 2.35. The lowest BCUT2D eigenvalue weighted by Gasteiger charge is -2.28. The highest BCUT2D eigenvalue weighted by atomic mass is 16.5. The van der Waals surface area contributed by atoms with Gasteiger partial charge in [0.1, 0.15) is 5.75 Å². The summed E-state index contributed by atoms with van der Waals surface area (Å²) < 4.78 is 5.22. The maximum Gasteiger partial charge on any atom is 0.336 e. The van der Waals surface area contributed by atoms with Gasteiger partial charge in [-0.3, -0.25) is 4.98 Å². The Morgan fingerprint density at radius 2 is 2.14 bits per heavy atom. The van der Waals surface area contributed by atoms with E-state index in [1.54, 1.807) is 19.2 Å². The monoisotopic (exact) mass is 285 g/mol. The molecule has 1 N–H and O–H groups in total. The number of carboxylic acids is 1. The van der Waals surface area contributed by atoms with Crippen LogP contribution in [-0.2, 0) is 6.42 Å². The van der Waals surface area contributed by atoms with Crippen LogP contribution in [0.1, 0.15) is 47.8 Å². The zero-order valence-corrected chi connectivity index (χ0v) is 12.5. The lowest BCUT2D eigenvalue weighted by molar-refractivity contribution is 0.0697. The maximum absolute atomic E-state index is 11.8. The predicted molar refractivity (Wildman–Crippen MR) is 81.2 cm³/mol. The SMILES string of the molecule is COc1ccc2c(C(=O)O)c3c(nc2c1)C(C)CC(C)C3. The first-order valence-electron chi connectivity index (χ1n) is 7.25. The smallest absolute Gasteiger partial charge is 0.336 e. The van der Waals surface area contributed by atoms with E-state index in [1.807, 2.05) is 6.07 Å². The summed E-state index contributed by atoms with van der Waals surface area (Å²) in [6.07, 6.45) is 1.84. The summed E-state index contributed by atoms with van der Waals surface area (Å²) in [6, 6.07) is 5.40. The van der Waals surface area contributed by atoms with Gasteiger partial charge in [-0.2, -0.15) is 0 Å². The summed E-state index contributed by atoms with van der Waals surface area (Å²) in [5.41, 5.74) is 2.96. The van der Waals surface area contributed by atoms with Crippen LogP contribution < -0.4 is 4.74 Å². The number of methoxy groups -OCH3 is 1. The van der Waals surface area contributed by atoms with Crippen LogP contribution in [0.3, 0.4) is 0 Å². The van der Waals surface area contributed by atoms with E-state index in [0.29, 0.717) is 28.1 Å². The average molecular weight is 285 g/mol. The van der Waals surface area contributed by atoms with Crippen LogP contribution in [0.5, 0.6) is 5.75 Å². The molecule has 0 fully saturated rings. The third-order valence-corrected chi connectivity index (χ3v) is 4.32. The largest absolute Gasteiger partial charge is 0.497 e. The van der Waals surface area contributed by atoms with Crippen LogP contribution in [0.4, 0.5) is 0 Å². The zero-order chi connectivity index (χ0) is 15.1. The number of carbonyl (C=O) groups is 1. The van der Waals surface area contributed by atoms with E-state index in [0.717, 1.165) is 24.1 Å². The molecule has 4 nitrogen and oxygen atoms in total. The van der Waals surface area contributed by atoms with Crippen molar-refractivity contribution in [3.8, 4) is 5.75 Å². The molecule has 0 spiro atoms. The number of benzene rings is 1. The maximum atomic E-state index is 11.8. The second kappa shape index (κ2) is 5.02. The van der Waals surface area contributed by atoms with Crippen LogP contribution in [-0.4, -0.2) is 23.2 Å². The van der Waals surface area contributed by atoms with Gasteiger partial charge >= 0.3 is 5.97 Å². The Morgan fingerprint density at radius 3 is 2.81 bits per heavy atom. The highest BCUT2D eigenvalue weighted by Gasteiger charge is 2.29. The van der Waals surface area contributed by atoms with Gasteiger partial charge in [0.2, 0.25) is 0 Å². The third kappa shape index (κ3) is 2.24. The summed E-state index contributed by atoms with van der Waals surface area (Å²) >= 11 is 0. The van der Waals surface area contributed by atoms with Crippen LogP contribution in [0.15, 0.2) is 18.2 Å². The number of aromatic nitrogens is 1. The van der Waals surface area contributed by atoms with Crippen LogP contribution in [0.2, 0.25) is 0 Å².